The van der Waals surface area contributed by atoms with Gasteiger partial charge in [0.05, 0.1) is 5.56 Å². The predicted molar refractivity (Wildman–Crippen MR) is 80.4 cm³/mol. The van der Waals surface area contributed by atoms with Gasteiger partial charge < -0.3 is 5.32 Å². The number of nitrogens with one attached hydrogen (secondary N) is 1. The average molecular weight is 285 g/mol. The van der Waals surface area contributed by atoms with Crippen LogP contribution in [-0.2, 0) is 0 Å². The highest BCUT2D eigenvalue weighted by molar-refractivity contribution is 7.99. The van der Waals surface area contributed by atoms with Gasteiger partial charge in [0.1, 0.15) is 0 Å². The minimum absolute atomic E-state index is 0.0484. The largest absolute Gasteiger partial charge is 0.355 e. The van der Waals surface area contributed by atoms with E-state index in [-0.39, 0.29) is 11.7 Å². The second-order valence-electron chi connectivity index (χ2n) is 4.26. The number of carbonyl (C=O) groups excluding carboxylic acids is 2. The molecule has 0 aliphatic carbocycles. The molecule has 0 radical (unpaired) electrons. The van der Waals surface area contributed by atoms with Crippen LogP contribution in [0.3, 0.4) is 0 Å². The van der Waals surface area contributed by atoms with E-state index in [9.17, 15) is 9.59 Å². The predicted octanol–water partition coefficient (Wildman–Crippen LogP) is 3.40. The molecule has 0 bridgehead atoms. The molecule has 0 heterocycles. The zero-order valence-corrected chi connectivity index (χ0v) is 12.2. The van der Waals surface area contributed by atoms with Crippen molar-refractivity contribution >= 4 is 23.5 Å². The van der Waals surface area contributed by atoms with Crippen LogP contribution in [0.2, 0.25) is 0 Å². The summed E-state index contributed by atoms with van der Waals surface area (Å²) in [5.74, 6) is -0.0548. The number of amides is 1. The highest BCUT2D eigenvalue weighted by Gasteiger charge is 2.10. The third kappa shape index (κ3) is 3.27. The smallest absolute Gasteiger partial charge is 0.252 e. The monoisotopic (exact) mass is 285 g/mol. The van der Waals surface area contributed by atoms with E-state index in [1.54, 1.807) is 32.2 Å². The zero-order valence-electron chi connectivity index (χ0n) is 11.3. The van der Waals surface area contributed by atoms with E-state index in [0.29, 0.717) is 11.1 Å². The number of carbonyl (C=O) groups is 2. The molecule has 0 atom stereocenters. The summed E-state index contributed by atoms with van der Waals surface area (Å²) >= 11 is 1.51. The van der Waals surface area contributed by atoms with Crippen LogP contribution in [0.25, 0.3) is 0 Å². The van der Waals surface area contributed by atoms with Crippen molar-refractivity contribution in [3.8, 4) is 0 Å². The first-order chi connectivity index (χ1) is 9.61. The van der Waals surface area contributed by atoms with Crippen molar-refractivity contribution in [1.29, 1.82) is 0 Å². The Morgan fingerprint density at radius 3 is 2.25 bits per heavy atom. The van der Waals surface area contributed by atoms with Crippen molar-refractivity contribution in [3.05, 3.63) is 59.7 Å². The van der Waals surface area contributed by atoms with Crippen LogP contribution >= 0.6 is 11.8 Å². The Kier molecular flexibility index (Phi) is 4.58. The van der Waals surface area contributed by atoms with Crippen LogP contribution in [0, 0.1) is 0 Å². The molecule has 4 heteroatoms. The molecule has 2 aromatic rings. The minimum atomic E-state index is -0.103. The molecule has 2 aromatic carbocycles. The lowest BCUT2D eigenvalue weighted by molar-refractivity contribution is 0.0959. The maximum Gasteiger partial charge on any atom is 0.252 e. The Bertz CT molecular complexity index is 635. The molecule has 1 amide bonds. The Balaban J connectivity index is 2.26. The maximum atomic E-state index is 11.8. The van der Waals surface area contributed by atoms with E-state index in [0.717, 1.165) is 9.79 Å². The van der Waals surface area contributed by atoms with Crippen molar-refractivity contribution in [3.63, 3.8) is 0 Å². The van der Waals surface area contributed by atoms with Crippen LogP contribution in [-0.4, -0.2) is 18.7 Å². The van der Waals surface area contributed by atoms with Crippen LogP contribution in [0.15, 0.2) is 58.3 Å². The average Bonchev–Trinajstić information content (AvgIpc) is 2.47. The maximum absolute atomic E-state index is 11.8. The highest BCUT2D eigenvalue weighted by atomic mass is 32.2. The van der Waals surface area contributed by atoms with Crippen LogP contribution < -0.4 is 5.32 Å². The van der Waals surface area contributed by atoms with Gasteiger partial charge in [-0.15, -0.1) is 0 Å². The Labute approximate surface area is 122 Å². The number of benzene rings is 2. The molecule has 0 saturated carbocycles. The Morgan fingerprint density at radius 1 is 1.00 bits per heavy atom. The molecule has 2 rings (SSSR count). The summed E-state index contributed by atoms with van der Waals surface area (Å²) in [6.45, 7) is 1.54. The van der Waals surface area contributed by atoms with Crippen molar-refractivity contribution < 1.29 is 9.59 Å². The molecule has 1 N–H and O–H groups in total. The van der Waals surface area contributed by atoms with Gasteiger partial charge in [-0.1, -0.05) is 36.0 Å². The molecular weight excluding hydrogens is 270 g/mol. The van der Waals surface area contributed by atoms with E-state index in [1.165, 1.54) is 11.8 Å². The number of rotatable bonds is 4. The molecule has 0 saturated heterocycles. The molecule has 20 heavy (non-hydrogen) atoms. The summed E-state index contributed by atoms with van der Waals surface area (Å²) in [4.78, 5) is 24.9. The van der Waals surface area contributed by atoms with Gasteiger partial charge in [-0.25, -0.2) is 0 Å². The summed E-state index contributed by atoms with van der Waals surface area (Å²) in [6.07, 6.45) is 0. The van der Waals surface area contributed by atoms with Crippen molar-refractivity contribution in [2.45, 2.75) is 16.7 Å². The van der Waals surface area contributed by atoms with Gasteiger partial charge in [-0.2, -0.15) is 0 Å². The van der Waals surface area contributed by atoms with Gasteiger partial charge in [0.2, 0.25) is 0 Å². The third-order valence-corrected chi connectivity index (χ3v) is 3.93. The fourth-order valence-electron chi connectivity index (χ4n) is 1.76. The van der Waals surface area contributed by atoms with Gasteiger partial charge in [0.15, 0.2) is 5.78 Å². The molecule has 0 aromatic heterocycles. The molecule has 102 valence electrons. The summed E-state index contributed by atoms with van der Waals surface area (Å²) < 4.78 is 0. The van der Waals surface area contributed by atoms with Crippen molar-refractivity contribution in [2.75, 3.05) is 7.05 Å². The quantitative estimate of drug-likeness (QED) is 0.876. The van der Waals surface area contributed by atoms with Gasteiger partial charge in [-0.3, -0.25) is 9.59 Å². The summed E-state index contributed by atoms with van der Waals surface area (Å²) in [6, 6.07) is 14.8. The lowest BCUT2D eigenvalue weighted by Crippen LogP contribution is -2.18. The fraction of sp³-hybridized carbons (Fsp3) is 0.125. The third-order valence-electron chi connectivity index (χ3n) is 2.85. The van der Waals surface area contributed by atoms with Gasteiger partial charge in [-0.05, 0) is 31.2 Å². The minimum Gasteiger partial charge on any atom is -0.355 e. The van der Waals surface area contributed by atoms with E-state index >= 15 is 0 Å². The van der Waals surface area contributed by atoms with Gasteiger partial charge in [0.25, 0.3) is 5.91 Å². The molecule has 0 fully saturated rings. The Hall–Kier alpha value is -2.07. The first-order valence-corrected chi connectivity index (χ1v) is 7.03. The second-order valence-corrected chi connectivity index (χ2v) is 5.37. The lowest BCUT2D eigenvalue weighted by Gasteiger charge is -2.08. The van der Waals surface area contributed by atoms with E-state index in [4.69, 9.17) is 0 Å². The Morgan fingerprint density at radius 2 is 1.65 bits per heavy atom. The topological polar surface area (TPSA) is 46.2 Å². The van der Waals surface area contributed by atoms with Crippen molar-refractivity contribution in [2.24, 2.45) is 0 Å². The summed E-state index contributed by atoms with van der Waals surface area (Å²) in [7, 11) is 1.62. The molecule has 0 unspecified atom stereocenters. The van der Waals surface area contributed by atoms with Crippen LogP contribution in [0.4, 0.5) is 0 Å². The van der Waals surface area contributed by atoms with Gasteiger partial charge in [0, 0.05) is 22.4 Å². The molecule has 0 spiro atoms. The standard InChI is InChI=1S/C16H15NO2S/c1-11(18)12-7-9-13(10-8-12)20-15-6-4-3-5-14(15)16(19)17-2/h3-10H,1-2H3,(H,17,19). The number of hydrogen-bond donors (Lipinski definition) is 1. The fourth-order valence-corrected chi connectivity index (χ4v) is 2.71. The highest BCUT2D eigenvalue weighted by Crippen LogP contribution is 2.30. The SMILES string of the molecule is CNC(=O)c1ccccc1Sc1ccc(C(C)=O)cc1. The number of ketones is 1. The van der Waals surface area contributed by atoms with Crippen LogP contribution in [0.1, 0.15) is 27.6 Å². The van der Waals surface area contributed by atoms with Crippen molar-refractivity contribution in [1.82, 2.24) is 5.32 Å². The molecular formula is C16H15NO2S. The van der Waals surface area contributed by atoms with E-state index < -0.39 is 0 Å². The first kappa shape index (κ1) is 14.3. The summed E-state index contributed by atoms with van der Waals surface area (Å²) in [5, 5.41) is 2.63. The first-order valence-electron chi connectivity index (χ1n) is 6.22. The van der Waals surface area contributed by atoms with Gasteiger partial charge >= 0.3 is 0 Å². The molecule has 0 aliphatic heterocycles. The lowest BCUT2D eigenvalue weighted by atomic mass is 10.2. The normalized spacial score (nSPS) is 10.1. The van der Waals surface area contributed by atoms with E-state index in [1.807, 2.05) is 30.3 Å². The van der Waals surface area contributed by atoms with Crippen LogP contribution in [0.5, 0.6) is 0 Å². The van der Waals surface area contributed by atoms with E-state index in [2.05, 4.69) is 5.32 Å². The zero-order chi connectivity index (χ0) is 14.5. The molecule has 0 aliphatic rings. The molecule has 3 nitrogen and oxygen atoms in total. The second kappa shape index (κ2) is 6.39. The number of hydrogen-bond acceptors (Lipinski definition) is 3. The summed E-state index contributed by atoms with van der Waals surface area (Å²) in [5.41, 5.74) is 1.34. The number of Topliss-reactive ketones (excluding diaryl/α,β-unsaturated/α-hetero) is 1.